The monoisotopic (exact) mass is 415 g/mol. The summed E-state index contributed by atoms with van der Waals surface area (Å²) in [5.41, 5.74) is 6.14. The molecule has 8 heteroatoms. The molecule has 0 unspecified atom stereocenters. The second-order valence-corrected chi connectivity index (χ2v) is 7.09. The molecule has 0 aliphatic carbocycles. The van der Waals surface area contributed by atoms with Crippen LogP contribution < -0.4 is 0 Å². The number of pyridine rings is 1. The lowest BCUT2D eigenvalue weighted by Gasteiger charge is -2.07. The minimum Gasteiger partial charge on any atom is -0.258 e. The van der Waals surface area contributed by atoms with Crippen LogP contribution in [0, 0.1) is 28.9 Å². The molecule has 0 radical (unpaired) electrons. The minimum atomic E-state index is -0.425. The average molecular weight is 415 g/mol. The third-order valence-corrected chi connectivity index (χ3v) is 4.74. The van der Waals surface area contributed by atoms with Gasteiger partial charge in [0.05, 0.1) is 39.1 Å². The number of benzene rings is 2. The summed E-state index contributed by atoms with van der Waals surface area (Å²) in [4.78, 5) is 35.1. The van der Waals surface area contributed by atoms with Crippen molar-refractivity contribution in [2.24, 2.45) is 15.2 Å². The number of rotatable bonds is 6. The van der Waals surface area contributed by atoms with Gasteiger partial charge in [-0.25, -0.2) is 4.98 Å². The first-order chi connectivity index (χ1) is 14.8. The van der Waals surface area contributed by atoms with Crippen molar-refractivity contribution in [3.63, 3.8) is 0 Å². The molecule has 2 aromatic carbocycles. The Labute approximate surface area is 179 Å². The van der Waals surface area contributed by atoms with Gasteiger partial charge in [0.25, 0.3) is 5.69 Å². The van der Waals surface area contributed by atoms with Crippen LogP contribution in [0.5, 0.6) is 0 Å². The average Bonchev–Trinajstić information content (AvgIpc) is 2.76. The third kappa shape index (κ3) is 5.11. The molecule has 1 aromatic heterocycles. The SMILES string of the molecule is CC(=Nc1ccc(N=O)cc1C)c1cccc(C(C)=Nc2ccc([N+](=O)[O-])cc2C)n1. The van der Waals surface area contributed by atoms with Gasteiger partial charge in [0.15, 0.2) is 0 Å². The van der Waals surface area contributed by atoms with Gasteiger partial charge in [-0.3, -0.25) is 20.1 Å². The molecule has 0 atom stereocenters. The number of non-ortho nitro benzene ring substituents is 1. The largest absolute Gasteiger partial charge is 0.269 e. The van der Waals surface area contributed by atoms with Gasteiger partial charge in [0.1, 0.15) is 5.69 Å². The van der Waals surface area contributed by atoms with Gasteiger partial charge in [-0.15, -0.1) is 4.91 Å². The predicted molar refractivity (Wildman–Crippen MR) is 122 cm³/mol. The van der Waals surface area contributed by atoms with Crippen molar-refractivity contribution < 1.29 is 4.92 Å². The second kappa shape index (κ2) is 9.17. The molecule has 1 heterocycles. The van der Waals surface area contributed by atoms with Crippen molar-refractivity contribution in [2.75, 3.05) is 0 Å². The van der Waals surface area contributed by atoms with E-state index in [1.54, 1.807) is 31.2 Å². The van der Waals surface area contributed by atoms with Gasteiger partial charge < -0.3 is 0 Å². The molecule has 0 aliphatic heterocycles. The summed E-state index contributed by atoms with van der Waals surface area (Å²) in [5.74, 6) is 0. The number of aromatic nitrogens is 1. The van der Waals surface area contributed by atoms with Crippen molar-refractivity contribution in [1.82, 2.24) is 4.98 Å². The molecule has 8 nitrogen and oxygen atoms in total. The lowest BCUT2D eigenvalue weighted by Crippen LogP contribution is -2.05. The van der Waals surface area contributed by atoms with Gasteiger partial charge in [-0.2, -0.15) is 0 Å². The molecule has 0 saturated heterocycles. The van der Waals surface area contributed by atoms with E-state index in [4.69, 9.17) is 0 Å². The lowest BCUT2D eigenvalue weighted by atomic mass is 10.1. The van der Waals surface area contributed by atoms with E-state index in [0.29, 0.717) is 34.0 Å². The van der Waals surface area contributed by atoms with Crippen LogP contribution in [0.2, 0.25) is 0 Å². The minimum absolute atomic E-state index is 0.0355. The Balaban J connectivity index is 1.91. The number of nitroso groups, excluding NO2 is 1. The van der Waals surface area contributed by atoms with Crippen molar-refractivity contribution in [2.45, 2.75) is 27.7 Å². The van der Waals surface area contributed by atoms with E-state index in [-0.39, 0.29) is 5.69 Å². The molecule has 156 valence electrons. The summed E-state index contributed by atoms with van der Waals surface area (Å²) in [7, 11) is 0. The standard InChI is InChI=1S/C23H21N5O3/c1-14-12-18(27-29)8-10-20(14)24-16(3)22-6-5-7-23(26-22)17(4)25-21-11-9-19(28(30)31)13-15(21)2/h5-13H,1-4H3. The first-order valence-corrected chi connectivity index (χ1v) is 9.56. The van der Waals surface area contributed by atoms with Crippen LogP contribution in [0.15, 0.2) is 69.8 Å². The summed E-state index contributed by atoms with van der Waals surface area (Å²) in [5, 5.41) is 13.9. The molecular weight excluding hydrogens is 394 g/mol. The molecule has 0 N–H and O–H groups in total. The Kier molecular flexibility index (Phi) is 6.40. The van der Waals surface area contributed by atoms with Crippen LogP contribution in [-0.2, 0) is 0 Å². The molecule has 0 bridgehead atoms. The van der Waals surface area contributed by atoms with E-state index in [9.17, 15) is 15.0 Å². The fraction of sp³-hybridized carbons (Fsp3) is 0.174. The molecular formula is C23H21N5O3. The number of hydrogen-bond acceptors (Lipinski definition) is 7. The maximum Gasteiger partial charge on any atom is 0.269 e. The fourth-order valence-electron chi connectivity index (χ4n) is 3.01. The number of hydrogen-bond donors (Lipinski definition) is 0. The van der Waals surface area contributed by atoms with Crippen molar-refractivity contribution in [3.8, 4) is 0 Å². The Hall–Kier alpha value is -4.07. The molecule has 3 rings (SSSR count). The number of nitro benzene ring substituents is 1. The van der Waals surface area contributed by atoms with Crippen molar-refractivity contribution in [1.29, 1.82) is 0 Å². The second-order valence-electron chi connectivity index (χ2n) is 7.09. The Morgan fingerprint density at radius 3 is 1.90 bits per heavy atom. The molecule has 0 fully saturated rings. The van der Waals surface area contributed by atoms with Crippen LogP contribution in [-0.4, -0.2) is 21.3 Å². The van der Waals surface area contributed by atoms with Crippen LogP contribution in [0.25, 0.3) is 0 Å². The Bertz CT molecular complexity index is 1230. The Morgan fingerprint density at radius 2 is 1.42 bits per heavy atom. The zero-order chi connectivity index (χ0) is 22.5. The molecule has 31 heavy (non-hydrogen) atoms. The van der Waals surface area contributed by atoms with Gasteiger partial charge in [0, 0.05) is 12.1 Å². The van der Waals surface area contributed by atoms with Crippen LogP contribution in [0.1, 0.15) is 36.4 Å². The van der Waals surface area contributed by atoms with Crippen LogP contribution in [0.3, 0.4) is 0 Å². The summed E-state index contributed by atoms with van der Waals surface area (Å²) in [6.07, 6.45) is 0. The highest BCUT2D eigenvalue weighted by atomic mass is 16.6. The normalized spacial score (nSPS) is 12.0. The van der Waals surface area contributed by atoms with Crippen molar-refractivity contribution >= 4 is 34.2 Å². The van der Waals surface area contributed by atoms with Crippen molar-refractivity contribution in [3.05, 3.63) is 92.1 Å². The highest BCUT2D eigenvalue weighted by molar-refractivity contribution is 6.02. The Morgan fingerprint density at radius 1 is 0.871 bits per heavy atom. The van der Waals surface area contributed by atoms with Gasteiger partial charge in [0.2, 0.25) is 0 Å². The highest BCUT2D eigenvalue weighted by Gasteiger charge is 2.10. The molecule has 0 amide bonds. The maximum atomic E-state index is 10.9. The summed E-state index contributed by atoms with van der Waals surface area (Å²) >= 11 is 0. The van der Waals surface area contributed by atoms with E-state index >= 15 is 0 Å². The number of nitro groups is 1. The van der Waals surface area contributed by atoms with E-state index in [0.717, 1.165) is 17.0 Å². The van der Waals surface area contributed by atoms with E-state index < -0.39 is 4.92 Å². The van der Waals surface area contributed by atoms with Gasteiger partial charge in [-0.05, 0) is 80.4 Å². The van der Waals surface area contributed by atoms with Gasteiger partial charge in [-0.1, -0.05) is 6.07 Å². The molecule has 0 saturated carbocycles. The van der Waals surface area contributed by atoms with Gasteiger partial charge >= 0.3 is 0 Å². The third-order valence-electron chi connectivity index (χ3n) is 4.74. The van der Waals surface area contributed by atoms with Crippen LogP contribution in [0.4, 0.5) is 22.7 Å². The van der Waals surface area contributed by atoms with E-state index in [2.05, 4.69) is 20.1 Å². The molecule has 3 aromatic rings. The summed E-state index contributed by atoms with van der Waals surface area (Å²) in [6.45, 7) is 7.36. The quantitative estimate of drug-likeness (QED) is 0.204. The topological polar surface area (TPSA) is 110 Å². The smallest absolute Gasteiger partial charge is 0.258 e. The highest BCUT2D eigenvalue weighted by Crippen LogP contribution is 2.26. The number of aliphatic imine (C=N–C) groups is 2. The van der Waals surface area contributed by atoms with E-state index in [1.807, 2.05) is 39.0 Å². The predicted octanol–water partition coefficient (Wildman–Crippen LogP) is 6.29. The lowest BCUT2D eigenvalue weighted by molar-refractivity contribution is -0.384. The summed E-state index contributed by atoms with van der Waals surface area (Å²) < 4.78 is 0. The number of nitrogens with zero attached hydrogens (tertiary/aromatic N) is 5. The molecule has 0 spiro atoms. The zero-order valence-electron chi connectivity index (χ0n) is 17.7. The maximum absolute atomic E-state index is 10.9. The molecule has 0 aliphatic rings. The fourth-order valence-corrected chi connectivity index (χ4v) is 3.01. The first kappa shape index (κ1) is 21.6. The first-order valence-electron chi connectivity index (χ1n) is 9.56. The van der Waals surface area contributed by atoms with Crippen LogP contribution >= 0.6 is 0 Å². The zero-order valence-corrected chi connectivity index (χ0v) is 17.7. The summed E-state index contributed by atoms with van der Waals surface area (Å²) in [6, 6.07) is 15.2. The number of aryl methyl sites for hydroxylation is 2. The van der Waals surface area contributed by atoms with E-state index in [1.165, 1.54) is 12.1 Å².